The first-order chi connectivity index (χ1) is 11.3. The molecule has 0 amide bonds. The molecule has 0 N–H and O–H groups in total. The number of sulfonamides is 1. The molecule has 24 heavy (non-hydrogen) atoms. The average molecular weight is 347 g/mol. The fourth-order valence-corrected chi connectivity index (χ4v) is 3.89. The van der Waals surface area contributed by atoms with Gasteiger partial charge in [-0.3, -0.25) is 13.9 Å². The second-order valence-electron chi connectivity index (χ2n) is 5.81. The summed E-state index contributed by atoms with van der Waals surface area (Å²) < 4.78 is 27.0. The van der Waals surface area contributed by atoms with Gasteiger partial charge < -0.3 is 0 Å². The molecule has 0 bridgehead atoms. The average Bonchev–Trinajstić information content (AvgIpc) is 2.54. The summed E-state index contributed by atoms with van der Waals surface area (Å²) in [5, 5.41) is 0. The maximum absolute atomic E-state index is 12.9. The predicted molar refractivity (Wildman–Crippen MR) is 91.8 cm³/mol. The molecule has 0 saturated heterocycles. The first kappa shape index (κ1) is 18.1. The van der Waals surface area contributed by atoms with E-state index in [1.165, 1.54) is 19.2 Å². The van der Waals surface area contributed by atoms with Gasteiger partial charge in [0.1, 0.15) is 5.78 Å². The minimum absolute atomic E-state index is 0.0444. The van der Waals surface area contributed by atoms with Gasteiger partial charge in [0.25, 0.3) is 10.0 Å². The summed E-state index contributed by atoms with van der Waals surface area (Å²) in [4.78, 5) is 23.6. The lowest BCUT2D eigenvalue weighted by molar-refractivity contribution is -0.119. The van der Waals surface area contributed by atoms with Crippen molar-refractivity contribution < 1.29 is 18.0 Å². The molecule has 128 valence electrons. The van der Waals surface area contributed by atoms with Crippen molar-refractivity contribution in [3.63, 3.8) is 0 Å². The summed E-state index contributed by atoms with van der Waals surface area (Å²) in [6.45, 7) is 5.02. The molecular formula is C18H21NO4S. The Morgan fingerprint density at radius 2 is 1.79 bits per heavy atom. The van der Waals surface area contributed by atoms with E-state index in [9.17, 15) is 18.0 Å². The molecule has 1 aromatic carbocycles. The number of Topliss-reactive ketones (excluding diaryl/α,β-unsaturated/α-hetero) is 2. The Hall–Kier alpha value is -2.21. The lowest BCUT2D eigenvalue weighted by Gasteiger charge is -2.30. The second kappa shape index (κ2) is 7.13. The van der Waals surface area contributed by atoms with Crippen molar-refractivity contribution in [2.24, 2.45) is 0 Å². The number of allylic oxidation sites excluding steroid dienone is 2. The predicted octanol–water partition coefficient (Wildman–Crippen LogP) is 2.77. The molecule has 0 fully saturated rings. The van der Waals surface area contributed by atoms with Crippen LogP contribution in [0.4, 0.5) is 0 Å². The second-order valence-corrected chi connectivity index (χ2v) is 7.65. The molecule has 6 heteroatoms. The van der Waals surface area contributed by atoms with Gasteiger partial charge in [0.05, 0.1) is 10.9 Å². The van der Waals surface area contributed by atoms with Gasteiger partial charge in [-0.25, -0.2) is 8.42 Å². The summed E-state index contributed by atoms with van der Waals surface area (Å²) in [6.07, 6.45) is 4.77. The summed E-state index contributed by atoms with van der Waals surface area (Å²) >= 11 is 0. The number of rotatable bonds is 6. The fraction of sp³-hybridized carbons (Fsp3) is 0.333. The Bertz CT molecular complexity index is 804. The van der Waals surface area contributed by atoms with Gasteiger partial charge in [-0.2, -0.15) is 0 Å². The van der Waals surface area contributed by atoms with Crippen LogP contribution in [0.1, 0.15) is 32.3 Å². The summed E-state index contributed by atoms with van der Waals surface area (Å²) in [7, 11) is -3.79. The topological polar surface area (TPSA) is 71.5 Å². The molecule has 1 atom stereocenters. The zero-order valence-corrected chi connectivity index (χ0v) is 14.8. The Morgan fingerprint density at radius 3 is 2.33 bits per heavy atom. The third-order valence-electron chi connectivity index (χ3n) is 3.93. The van der Waals surface area contributed by atoms with Gasteiger partial charge >= 0.3 is 0 Å². The van der Waals surface area contributed by atoms with Gasteiger partial charge in [0.15, 0.2) is 5.78 Å². The number of carbonyl (C=O) groups is 2. The Morgan fingerprint density at radius 1 is 1.17 bits per heavy atom. The molecule has 1 aromatic rings. The monoisotopic (exact) mass is 347 g/mol. The highest BCUT2D eigenvalue weighted by Gasteiger charge is 2.31. The van der Waals surface area contributed by atoms with Crippen molar-refractivity contribution in [2.75, 3.05) is 0 Å². The van der Waals surface area contributed by atoms with Crippen LogP contribution >= 0.6 is 0 Å². The van der Waals surface area contributed by atoms with Crippen LogP contribution < -0.4 is 0 Å². The van der Waals surface area contributed by atoms with Crippen molar-refractivity contribution in [2.45, 2.75) is 44.6 Å². The van der Waals surface area contributed by atoms with Crippen molar-refractivity contribution in [3.05, 3.63) is 53.8 Å². The van der Waals surface area contributed by atoms with E-state index in [1.807, 2.05) is 6.92 Å². The van der Waals surface area contributed by atoms with Crippen LogP contribution in [0.5, 0.6) is 0 Å². The molecular weight excluding hydrogens is 326 g/mol. The Balaban J connectivity index is 2.42. The quantitative estimate of drug-likeness (QED) is 0.793. The highest BCUT2D eigenvalue weighted by molar-refractivity contribution is 7.89. The zero-order chi connectivity index (χ0) is 17.9. The lowest BCUT2D eigenvalue weighted by atomic mass is 10.0. The number of carbonyl (C=O) groups excluding carboxylic acids is 2. The van der Waals surface area contributed by atoms with E-state index in [-0.39, 0.29) is 22.9 Å². The van der Waals surface area contributed by atoms with Crippen LogP contribution in [0, 0.1) is 6.92 Å². The van der Waals surface area contributed by atoms with Crippen LogP contribution in [0.15, 0.2) is 53.1 Å². The van der Waals surface area contributed by atoms with Crippen LogP contribution in [-0.4, -0.2) is 30.3 Å². The first-order valence-corrected chi connectivity index (χ1v) is 9.22. The van der Waals surface area contributed by atoms with Gasteiger partial charge in [-0.1, -0.05) is 24.6 Å². The van der Waals surface area contributed by atoms with E-state index in [0.717, 1.165) is 9.87 Å². The van der Waals surface area contributed by atoms with Crippen LogP contribution in [-0.2, 0) is 19.6 Å². The number of ketones is 2. The molecule has 0 aliphatic carbocycles. The Kier molecular flexibility index (Phi) is 5.39. The molecule has 1 aliphatic rings. The van der Waals surface area contributed by atoms with Crippen LogP contribution in [0.2, 0.25) is 0 Å². The summed E-state index contributed by atoms with van der Waals surface area (Å²) in [6, 6.07) is 5.85. The molecule has 5 nitrogen and oxygen atoms in total. The van der Waals surface area contributed by atoms with Gasteiger partial charge in [-0.05, 0) is 38.1 Å². The highest BCUT2D eigenvalue weighted by atomic mass is 32.2. The Labute approximate surface area is 142 Å². The van der Waals surface area contributed by atoms with Crippen LogP contribution in [0.3, 0.4) is 0 Å². The van der Waals surface area contributed by atoms with Gasteiger partial charge in [0, 0.05) is 24.6 Å². The van der Waals surface area contributed by atoms with E-state index in [4.69, 9.17) is 0 Å². The number of hydrogen-bond donors (Lipinski definition) is 0. The zero-order valence-electron chi connectivity index (χ0n) is 14.0. The smallest absolute Gasteiger partial charge is 0.264 e. The van der Waals surface area contributed by atoms with Crippen molar-refractivity contribution >= 4 is 21.6 Å². The van der Waals surface area contributed by atoms with Crippen molar-refractivity contribution in [1.29, 1.82) is 0 Å². The molecule has 0 radical (unpaired) electrons. The number of aryl methyl sites for hydroxylation is 1. The third-order valence-corrected chi connectivity index (χ3v) is 5.75. The minimum atomic E-state index is -3.79. The molecule has 0 spiro atoms. The van der Waals surface area contributed by atoms with E-state index in [1.54, 1.807) is 37.3 Å². The molecule has 0 saturated carbocycles. The van der Waals surface area contributed by atoms with E-state index < -0.39 is 16.1 Å². The summed E-state index contributed by atoms with van der Waals surface area (Å²) in [5.74, 6) is -0.217. The molecule has 1 heterocycles. The molecule has 2 rings (SSSR count). The van der Waals surface area contributed by atoms with Crippen molar-refractivity contribution in [1.82, 2.24) is 4.31 Å². The number of hydrogen-bond acceptors (Lipinski definition) is 4. The third kappa shape index (κ3) is 3.82. The lowest BCUT2D eigenvalue weighted by Crippen LogP contribution is -2.38. The molecule has 1 unspecified atom stereocenters. The normalized spacial score (nSPS) is 17.5. The molecule has 0 aromatic heterocycles. The van der Waals surface area contributed by atoms with E-state index in [2.05, 4.69) is 0 Å². The fourth-order valence-electron chi connectivity index (χ4n) is 2.45. The molecule has 1 aliphatic heterocycles. The minimum Gasteiger partial charge on any atom is -0.300 e. The van der Waals surface area contributed by atoms with Gasteiger partial charge in [0.2, 0.25) is 0 Å². The van der Waals surface area contributed by atoms with E-state index in [0.29, 0.717) is 12.0 Å². The number of nitrogens with zero attached hydrogens (tertiary/aromatic N) is 1. The maximum atomic E-state index is 12.9. The van der Waals surface area contributed by atoms with Crippen molar-refractivity contribution in [3.8, 4) is 0 Å². The number of benzene rings is 1. The largest absolute Gasteiger partial charge is 0.300 e. The first-order valence-electron chi connectivity index (χ1n) is 7.78. The van der Waals surface area contributed by atoms with Crippen LogP contribution in [0.25, 0.3) is 0 Å². The maximum Gasteiger partial charge on any atom is 0.264 e. The highest BCUT2D eigenvalue weighted by Crippen LogP contribution is 2.26. The SMILES string of the molecule is CCC(=O)CC1C=C(C(C)=O)C=CN1S(=O)(=O)c1ccc(C)cc1. The summed E-state index contributed by atoms with van der Waals surface area (Å²) in [5.41, 5.74) is 1.37. The standard InChI is InChI=1S/C18H21NO4S/c1-4-17(21)12-16-11-15(14(3)20)9-10-19(16)24(22,23)18-7-5-13(2)6-8-18/h5-11,16H,4,12H2,1-3H3. The van der Waals surface area contributed by atoms with E-state index >= 15 is 0 Å². The van der Waals surface area contributed by atoms with Gasteiger partial charge in [-0.15, -0.1) is 0 Å².